The molecule has 0 amide bonds. The Bertz CT molecular complexity index is 872. The summed E-state index contributed by atoms with van der Waals surface area (Å²) in [5.41, 5.74) is 1.88. The van der Waals surface area contributed by atoms with Crippen LogP contribution >= 0.6 is 11.3 Å². The Morgan fingerprint density at radius 3 is 2.88 bits per heavy atom. The van der Waals surface area contributed by atoms with E-state index in [0.717, 1.165) is 28.4 Å². The fourth-order valence-electron chi connectivity index (χ4n) is 2.33. The van der Waals surface area contributed by atoms with E-state index in [1.165, 1.54) is 0 Å². The number of benzene rings is 1. The molecule has 0 saturated heterocycles. The van der Waals surface area contributed by atoms with Crippen molar-refractivity contribution in [3.63, 3.8) is 0 Å². The Morgan fingerprint density at radius 1 is 1.27 bits per heavy atom. The van der Waals surface area contributed by atoms with E-state index in [4.69, 9.17) is 9.26 Å². The molecule has 0 radical (unpaired) electrons. The van der Waals surface area contributed by atoms with Crippen LogP contribution < -0.4 is 10.1 Å². The summed E-state index contributed by atoms with van der Waals surface area (Å²) < 4.78 is 11.2. The third-order valence-corrected chi connectivity index (χ3v) is 4.65. The van der Waals surface area contributed by atoms with Gasteiger partial charge in [0.15, 0.2) is 5.82 Å². The first kappa shape index (κ1) is 18.3. The van der Waals surface area contributed by atoms with Crippen molar-refractivity contribution in [3.05, 3.63) is 57.6 Å². The van der Waals surface area contributed by atoms with Crippen molar-refractivity contribution in [2.24, 2.45) is 0 Å². The average molecular weight is 370 g/mol. The standard InChI is InChI=1S/C19H22N4O2S/c1-13(20-3)10-18-22-19(25-23-18)9-8-15-6-4-5-7-17(15)24-11-16-12-26-14(2)21-16/h4-9,12-13,20H,10-11H2,1-3H3/b9-8+. The molecule has 0 aliphatic rings. The zero-order valence-electron chi connectivity index (χ0n) is 15.1. The summed E-state index contributed by atoms with van der Waals surface area (Å²) in [6.45, 7) is 4.51. The molecule has 0 aliphatic heterocycles. The monoisotopic (exact) mass is 370 g/mol. The maximum Gasteiger partial charge on any atom is 0.250 e. The molecule has 3 aromatic rings. The summed E-state index contributed by atoms with van der Waals surface area (Å²) in [6.07, 6.45) is 4.44. The smallest absolute Gasteiger partial charge is 0.250 e. The van der Waals surface area contributed by atoms with E-state index >= 15 is 0 Å². The van der Waals surface area contributed by atoms with Gasteiger partial charge in [-0.2, -0.15) is 4.98 Å². The summed E-state index contributed by atoms with van der Waals surface area (Å²) in [4.78, 5) is 8.80. The van der Waals surface area contributed by atoms with Crippen LogP contribution in [0, 0.1) is 6.92 Å². The molecular formula is C19H22N4O2S. The van der Waals surface area contributed by atoms with Crippen molar-refractivity contribution in [2.45, 2.75) is 32.9 Å². The van der Waals surface area contributed by atoms with Crippen LogP contribution in [0.5, 0.6) is 5.75 Å². The Morgan fingerprint density at radius 2 is 2.12 bits per heavy atom. The molecule has 1 N–H and O–H groups in total. The number of ether oxygens (including phenoxy) is 1. The van der Waals surface area contributed by atoms with Crippen LogP contribution in [0.1, 0.15) is 34.9 Å². The van der Waals surface area contributed by atoms with Crippen molar-refractivity contribution in [1.82, 2.24) is 20.4 Å². The predicted octanol–water partition coefficient (Wildman–Crippen LogP) is 3.73. The fraction of sp³-hybridized carbons (Fsp3) is 0.316. The molecule has 1 aromatic carbocycles. The second-order valence-electron chi connectivity index (χ2n) is 5.96. The average Bonchev–Trinajstić information content (AvgIpc) is 3.27. The van der Waals surface area contributed by atoms with E-state index in [1.54, 1.807) is 17.4 Å². The van der Waals surface area contributed by atoms with Crippen molar-refractivity contribution < 1.29 is 9.26 Å². The second kappa shape index (κ2) is 8.73. The van der Waals surface area contributed by atoms with Gasteiger partial charge in [-0.25, -0.2) is 4.98 Å². The zero-order valence-corrected chi connectivity index (χ0v) is 15.9. The minimum Gasteiger partial charge on any atom is -0.487 e. The molecule has 0 saturated carbocycles. The molecular weight excluding hydrogens is 348 g/mol. The van der Waals surface area contributed by atoms with Crippen LogP contribution in [0.25, 0.3) is 12.2 Å². The van der Waals surface area contributed by atoms with Gasteiger partial charge < -0.3 is 14.6 Å². The van der Waals surface area contributed by atoms with Gasteiger partial charge in [-0.05, 0) is 33.0 Å². The Hall–Kier alpha value is -2.51. The zero-order chi connectivity index (χ0) is 18.4. The van der Waals surface area contributed by atoms with E-state index in [-0.39, 0.29) is 0 Å². The van der Waals surface area contributed by atoms with Gasteiger partial charge in [-0.1, -0.05) is 23.4 Å². The van der Waals surface area contributed by atoms with Crippen LogP contribution in [0.2, 0.25) is 0 Å². The van der Waals surface area contributed by atoms with Gasteiger partial charge in [0, 0.05) is 29.5 Å². The fourth-order valence-corrected chi connectivity index (χ4v) is 2.93. The van der Waals surface area contributed by atoms with Crippen molar-refractivity contribution in [3.8, 4) is 5.75 Å². The van der Waals surface area contributed by atoms with E-state index in [9.17, 15) is 0 Å². The van der Waals surface area contributed by atoms with Crippen LogP contribution in [0.3, 0.4) is 0 Å². The van der Waals surface area contributed by atoms with Gasteiger partial charge in [0.05, 0.1) is 10.7 Å². The van der Waals surface area contributed by atoms with Crippen molar-refractivity contribution >= 4 is 23.5 Å². The van der Waals surface area contributed by atoms with Gasteiger partial charge in [-0.15, -0.1) is 11.3 Å². The molecule has 1 atom stereocenters. The van der Waals surface area contributed by atoms with Crippen LogP contribution in [0.15, 0.2) is 34.2 Å². The van der Waals surface area contributed by atoms with Crippen LogP contribution in [-0.4, -0.2) is 28.2 Å². The number of nitrogens with one attached hydrogen (secondary N) is 1. The highest BCUT2D eigenvalue weighted by molar-refractivity contribution is 7.09. The van der Waals surface area contributed by atoms with Crippen molar-refractivity contribution in [1.29, 1.82) is 0 Å². The highest BCUT2D eigenvalue weighted by Gasteiger charge is 2.08. The first-order valence-electron chi connectivity index (χ1n) is 8.45. The number of likely N-dealkylation sites (N-methyl/N-ethyl adjacent to an activating group) is 1. The van der Waals surface area contributed by atoms with Gasteiger partial charge in [0.1, 0.15) is 12.4 Å². The summed E-state index contributed by atoms with van der Waals surface area (Å²) in [5.74, 6) is 1.96. The Labute approximate surface area is 156 Å². The number of para-hydroxylation sites is 1. The molecule has 6 nitrogen and oxygen atoms in total. The van der Waals surface area contributed by atoms with E-state index < -0.39 is 0 Å². The van der Waals surface area contributed by atoms with Crippen LogP contribution in [-0.2, 0) is 13.0 Å². The molecule has 136 valence electrons. The largest absolute Gasteiger partial charge is 0.487 e. The lowest BCUT2D eigenvalue weighted by molar-refractivity contribution is 0.301. The molecule has 0 spiro atoms. The number of thiazole rings is 1. The summed E-state index contributed by atoms with van der Waals surface area (Å²) in [5, 5.41) is 10.2. The highest BCUT2D eigenvalue weighted by atomic mass is 32.1. The van der Waals surface area contributed by atoms with Gasteiger partial charge in [0.25, 0.3) is 5.89 Å². The quantitative estimate of drug-likeness (QED) is 0.651. The second-order valence-corrected chi connectivity index (χ2v) is 7.02. The first-order chi connectivity index (χ1) is 12.6. The molecule has 7 heteroatoms. The lowest BCUT2D eigenvalue weighted by Crippen LogP contribution is -2.24. The normalized spacial score (nSPS) is 12.6. The third-order valence-electron chi connectivity index (χ3n) is 3.83. The molecule has 3 rings (SSSR count). The minimum atomic E-state index is 0.299. The number of aryl methyl sites for hydroxylation is 1. The number of aromatic nitrogens is 3. The summed E-state index contributed by atoms with van der Waals surface area (Å²) in [6, 6.07) is 8.13. The summed E-state index contributed by atoms with van der Waals surface area (Å²) in [7, 11) is 1.91. The number of hydrogen-bond acceptors (Lipinski definition) is 7. The maximum absolute atomic E-state index is 5.92. The number of hydrogen-bond donors (Lipinski definition) is 1. The minimum absolute atomic E-state index is 0.299. The van der Waals surface area contributed by atoms with E-state index in [2.05, 4.69) is 27.4 Å². The van der Waals surface area contributed by atoms with Gasteiger partial charge in [0.2, 0.25) is 0 Å². The van der Waals surface area contributed by atoms with Gasteiger partial charge >= 0.3 is 0 Å². The SMILES string of the molecule is CNC(C)Cc1noc(/C=C/c2ccccc2OCc2csc(C)n2)n1. The van der Waals surface area contributed by atoms with Gasteiger partial charge in [-0.3, -0.25) is 0 Å². The van der Waals surface area contributed by atoms with E-state index in [0.29, 0.717) is 24.4 Å². The van der Waals surface area contributed by atoms with Crippen molar-refractivity contribution in [2.75, 3.05) is 7.05 Å². The maximum atomic E-state index is 5.92. The highest BCUT2D eigenvalue weighted by Crippen LogP contribution is 2.22. The lowest BCUT2D eigenvalue weighted by Gasteiger charge is -2.07. The first-order valence-corrected chi connectivity index (χ1v) is 9.33. The molecule has 0 bridgehead atoms. The van der Waals surface area contributed by atoms with E-state index in [1.807, 2.05) is 49.7 Å². The molecule has 2 aromatic heterocycles. The lowest BCUT2D eigenvalue weighted by atomic mass is 10.2. The topological polar surface area (TPSA) is 73.1 Å². The molecule has 2 heterocycles. The molecule has 1 unspecified atom stereocenters. The third kappa shape index (κ3) is 5.00. The Balaban J connectivity index is 1.66. The number of nitrogens with zero attached hydrogens (tertiary/aromatic N) is 3. The molecule has 0 fully saturated rings. The summed E-state index contributed by atoms with van der Waals surface area (Å²) >= 11 is 1.62. The predicted molar refractivity (Wildman–Crippen MR) is 103 cm³/mol. The number of rotatable bonds is 8. The Kier molecular flexibility index (Phi) is 6.14. The van der Waals surface area contributed by atoms with Crippen LogP contribution in [0.4, 0.5) is 0 Å². The molecule has 0 aliphatic carbocycles. The molecule has 26 heavy (non-hydrogen) atoms.